The molecule has 1 aromatic carbocycles. The minimum Gasteiger partial charge on any atom is -0.317 e. The number of imidazole rings is 1. The lowest BCUT2D eigenvalue weighted by Gasteiger charge is -2.25. The van der Waals surface area contributed by atoms with Gasteiger partial charge in [-0.05, 0) is 74.5 Å². The summed E-state index contributed by atoms with van der Waals surface area (Å²) >= 11 is 0. The number of halogens is 2. The monoisotopic (exact) mass is 408 g/mol. The van der Waals surface area contributed by atoms with Gasteiger partial charge in [-0.1, -0.05) is 0 Å². The zero-order valence-electron chi connectivity index (χ0n) is 16.9. The van der Waals surface area contributed by atoms with Gasteiger partial charge in [0.1, 0.15) is 5.82 Å². The number of piperidine rings is 1. The van der Waals surface area contributed by atoms with Crippen molar-refractivity contribution in [3.8, 4) is 11.1 Å². The van der Waals surface area contributed by atoms with Gasteiger partial charge < -0.3 is 14.3 Å². The van der Waals surface area contributed by atoms with E-state index in [2.05, 4.69) is 10.3 Å². The van der Waals surface area contributed by atoms with Gasteiger partial charge in [0.15, 0.2) is 11.5 Å². The lowest BCUT2D eigenvalue weighted by atomic mass is 9.99. The molecule has 1 aliphatic heterocycles. The second-order valence-corrected chi connectivity index (χ2v) is 8.08. The van der Waals surface area contributed by atoms with E-state index in [4.69, 9.17) is 0 Å². The summed E-state index contributed by atoms with van der Waals surface area (Å²) in [5, 5.41) is 3.94. The number of aromatic nitrogens is 3. The van der Waals surface area contributed by atoms with Crippen LogP contribution in [0.5, 0.6) is 0 Å². The Morgan fingerprint density at radius 3 is 2.50 bits per heavy atom. The predicted molar refractivity (Wildman–Crippen MR) is 113 cm³/mol. The van der Waals surface area contributed by atoms with Crippen LogP contribution in [-0.2, 0) is 0 Å². The maximum atomic E-state index is 15.2. The molecule has 5 nitrogen and oxygen atoms in total. The zero-order chi connectivity index (χ0) is 21.0. The molecule has 4 heterocycles. The van der Waals surface area contributed by atoms with Crippen molar-refractivity contribution in [1.82, 2.24) is 19.3 Å². The highest BCUT2D eigenvalue weighted by Crippen LogP contribution is 2.30. The Morgan fingerprint density at radius 1 is 1.00 bits per heavy atom. The normalized spacial score (nSPS) is 15.3. The quantitative estimate of drug-likeness (QED) is 0.543. The fraction of sp³-hybridized carbons (Fsp3) is 0.304. The van der Waals surface area contributed by atoms with Crippen LogP contribution in [0.15, 0.2) is 41.6 Å². The van der Waals surface area contributed by atoms with Crippen LogP contribution < -0.4 is 10.9 Å². The van der Waals surface area contributed by atoms with Gasteiger partial charge in [0.25, 0.3) is 5.56 Å². The van der Waals surface area contributed by atoms with Crippen LogP contribution in [0.2, 0.25) is 0 Å². The second kappa shape index (κ2) is 7.02. The van der Waals surface area contributed by atoms with Crippen molar-refractivity contribution >= 4 is 16.4 Å². The summed E-state index contributed by atoms with van der Waals surface area (Å²) < 4.78 is 33.0. The van der Waals surface area contributed by atoms with Crippen LogP contribution in [0.1, 0.15) is 30.1 Å². The molecule has 0 saturated carbocycles. The van der Waals surface area contributed by atoms with E-state index in [1.807, 2.05) is 13.1 Å². The molecule has 3 aromatic heterocycles. The van der Waals surface area contributed by atoms with E-state index in [1.165, 1.54) is 12.1 Å². The third-order valence-electron chi connectivity index (χ3n) is 5.96. The van der Waals surface area contributed by atoms with Crippen LogP contribution >= 0.6 is 0 Å². The molecular weight excluding hydrogens is 386 g/mol. The Hall–Kier alpha value is -3.06. The Morgan fingerprint density at radius 2 is 1.73 bits per heavy atom. The summed E-state index contributed by atoms with van der Waals surface area (Å²) in [4.78, 5) is 17.3. The van der Waals surface area contributed by atoms with E-state index in [0.29, 0.717) is 22.2 Å². The van der Waals surface area contributed by atoms with Gasteiger partial charge in [-0.2, -0.15) is 0 Å². The van der Waals surface area contributed by atoms with Crippen LogP contribution in [0.3, 0.4) is 0 Å². The molecule has 0 bridgehead atoms. The summed E-state index contributed by atoms with van der Waals surface area (Å²) in [5.74, 6) is -1.06. The van der Waals surface area contributed by atoms with Gasteiger partial charge in [-0.15, -0.1) is 0 Å². The summed E-state index contributed by atoms with van der Waals surface area (Å²) in [6.07, 6.45) is 6.96. The topological polar surface area (TPSA) is 51.3 Å². The van der Waals surface area contributed by atoms with Crippen molar-refractivity contribution in [3.63, 3.8) is 0 Å². The number of hydrogen-bond donors (Lipinski definition) is 1. The Balaban J connectivity index is 1.69. The summed E-state index contributed by atoms with van der Waals surface area (Å²) in [6, 6.07) is 4.52. The lowest BCUT2D eigenvalue weighted by molar-refractivity contribution is 0.361. The summed E-state index contributed by atoms with van der Waals surface area (Å²) in [5.41, 5.74) is 2.50. The smallest absolute Gasteiger partial charge is 0.261 e. The first-order chi connectivity index (χ1) is 14.4. The SMILES string of the molecule is Cc1cn2cc(-c3cc(F)c4c(=O)n(C5CCNCC5)cc(C)c4c3)cc(F)c2n1. The van der Waals surface area contributed by atoms with Crippen molar-refractivity contribution in [2.45, 2.75) is 32.7 Å². The molecule has 4 aromatic rings. The van der Waals surface area contributed by atoms with Crippen molar-refractivity contribution in [3.05, 3.63) is 70.0 Å². The second-order valence-electron chi connectivity index (χ2n) is 8.08. The average Bonchev–Trinajstić information content (AvgIpc) is 3.11. The first kappa shape index (κ1) is 18.9. The molecule has 7 heteroatoms. The number of rotatable bonds is 2. The molecule has 5 rings (SSSR count). The number of nitrogens with zero attached hydrogens (tertiary/aromatic N) is 3. The van der Waals surface area contributed by atoms with E-state index in [9.17, 15) is 9.18 Å². The van der Waals surface area contributed by atoms with Gasteiger partial charge in [-0.25, -0.2) is 13.8 Å². The number of fused-ring (bicyclic) bond motifs is 2. The predicted octanol–water partition coefficient (Wildman–Crippen LogP) is 4.14. The lowest BCUT2D eigenvalue weighted by Crippen LogP contribution is -2.34. The molecule has 0 unspecified atom stereocenters. The maximum absolute atomic E-state index is 15.2. The van der Waals surface area contributed by atoms with Crippen molar-refractivity contribution in [2.24, 2.45) is 0 Å². The van der Waals surface area contributed by atoms with Crippen molar-refractivity contribution < 1.29 is 8.78 Å². The number of hydrogen-bond acceptors (Lipinski definition) is 3. The molecule has 0 amide bonds. The van der Waals surface area contributed by atoms with Crippen LogP contribution in [-0.4, -0.2) is 27.0 Å². The molecule has 30 heavy (non-hydrogen) atoms. The Kier molecular flexibility index (Phi) is 4.43. The molecule has 1 aliphatic rings. The van der Waals surface area contributed by atoms with Crippen LogP contribution in [0.25, 0.3) is 27.5 Å². The molecular formula is C23H22F2N4O. The highest BCUT2D eigenvalue weighted by atomic mass is 19.1. The van der Waals surface area contributed by atoms with Crippen LogP contribution in [0, 0.1) is 25.5 Å². The summed E-state index contributed by atoms with van der Waals surface area (Å²) in [7, 11) is 0. The van der Waals surface area contributed by atoms with Crippen molar-refractivity contribution in [2.75, 3.05) is 13.1 Å². The largest absolute Gasteiger partial charge is 0.317 e. The van der Waals surface area contributed by atoms with E-state index in [1.54, 1.807) is 34.4 Å². The number of nitrogens with one attached hydrogen (secondary N) is 1. The third-order valence-corrected chi connectivity index (χ3v) is 5.96. The standard InChI is InChI=1S/C23H22F2N4O/c1-13-10-29(17-3-5-26-6-4-17)23(30)21-18(13)7-15(8-19(21)24)16-9-20(25)22-27-14(2)11-28(22)12-16/h7-12,17,26H,3-6H2,1-2H3. The molecule has 1 N–H and O–H groups in total. The summed E-state index contributed by atoms with van der Waals surface area (Å²) in [6.45, 7) is 5.36. The van der Waals surface area contributed by atoms with E-state index in [-0.39, 0.29) is 22.6 Å². The Bertz CT molecular complexity index is 1350. The maximum Gasteiger partial charge on any atom is 0.261 e. The first-order valence-electron chi connectivity index (χ1n) is 10.1. The average molecular weight is 408 g/mol. The molecule has 0 radical (unpaired) electrons. The third kappa shape index (κ3) is 3.01. The number of pyridine rings is 2. The van der Waals surface area contributed by atoms with E-state index >= 15 is 4.39 Å². The fourth-order valence-electron chi connectivity index (χ4n) is 4.46. The van der Waals surface area contributed by atoms with E-state index < -0.39 is 11.6 Å². The number of benzene rings is 1. The van der Waals surface area contributed by atoms with Gasteiger partial charge in [0.2, 0.25) is 0 Å². The van der Waals surface area contributed by atoms with Crippen molar-refractivity contribution in [1.29, 1.82) is 0 Å². The molecule has 1 fully saturated rings. The highest BCUT2D eigenvalue weighted by molar-refractivity contribution is 5.89. The van der Waals surface area contributed by atoms with E-state index in [0.717, 1.165) is 31.5 Å². The van der Waals surface area contributed by atoms with Crippen LogP contribution in [0.4, 0.5) is 8.78 Å². The molecule has 0 aliphatic carbocycles. The van der Waals surface area contributed by atoms with Gasteiger partial charge in [0.05, 0.1) is 11.1 Å². The zero-order valence-corrected chi connectivity index (χ0v) is 16.9. The van der Waals surface area contributed by atoms with Gasteiger partial charge in [-0.3, -0.25) is 4.79 Å². The molecule has 1 saturated heterocycles. The van der Waals surface area contributed by atoms with Gasteiger partial charge >= 0.3 is 0 Å². The molecule has 154 valence electrons. The Labute approximate surface area is 172 Å². The minimum atomic E-state index is -0.582. The highest BCUT2D eigenvalue weighted by Gasteiger charge is 2.20. The minimum absolute atomic E-state index is 0.0712. The van der Waals surface area contributed by atoms with Gasteiger partial charge in [0, 0.05) is 30.2 Å². The number of aryl methyl sites for hydroxylation is 2. The molecule has 0 atom stereocenters. The fourth-order valence-corrected chi connectivity index (χ4v) is 4.46. The first-order valence-corrected chi connectivity index (χ1v) is 10.1. The molecule has 0 spiro atoms.